The molecule has 4 heteroatoms. The lowest BCUT2D eigenvalue weighted by atomic mass is 10.00. The van der Waals surface area contributed by atoms with E-state index in [0.717, 1.165) is 0 Å². The molecule has 1 rings (SSSR count). The summed E-state index contributed by atoms with van der Waals surface area (Å²) in [6, 6.07) is 1.28. The van der Waals surface area contributed by atoms with Crippen LogP contribution in [0.15, 0.2) is 6.07 Å². The minimum atomic E-state index is -0.454. The Morgan fingerprint density at radius 3 is 2.43 bits per heavy atom. The molecule has 0 aromatic heterocycles. The number of phenolic OH excluding ortho intramolecular Hbond substituents is 2. The first-order chi connectivity index (χ1) is 6.49. The van der Waals surface area contributed by atoms with Crippen molar-refractivity contribution in [3.05, 3.63) is 22.8 Å². The Morgan fingerprint density at radius 2 is 2.00 bits per heavy atom. The van der Waals surface area contributed by atoms with E-state index in [1.54, 1.807) is 6.92 Å². The molecule has 0 aliphatic rings. The van der Waals surface area contributed by atoms with Gasteiger partial charge in [0.25, 0.3) is 0 Å². The number of phenols is 2. The molecule has 0 unspecified atom stereocenters. The summed E-state index contributed by atoms with van der Waals surface area (Å²) in [5.41, 5.74) is 0.267. The number of aldehydes is 1. The summed E-state index contributed by atoms with van der Waals surface area (Å²) in [6.45, 7) is 2.86. The molecule has 74 valence electrons. The molecule has 0 amide bonds. The fourth-order valence-corrected chi connectivity index (χ4v) is 1.36. The van der Waals surface area contributed by atoms with E-state index in [2.05, 4.69) is 0 Å². The molecule has 0 aliphatic heterocycles. The smallest absolute Gasteiger partial charge is 0.163 e. The first-order valence-electron chi connectivity index (χ1n) is 4.00. The molecular weight excluding hydrogens is 184 g/mol. The molecule has 0 spiro atoms. The SMILES string of the molecule is CC(=O)c1c(C)cc(O)c(C=O)c1O. The summed E-state index contributed by atoms with van der Waals surface area (Å²) >= 11 is 0. The van der Waals surface area contributed by atoms with Crippen LogP contribution in [0.2, 0.25) is 0 Å². The highest BCUT2D eigenvalue weighted by molar-refractivity contribution is 6.01. The van der Waals surface area contributed by atoms with Crippen molar-refractivity contribution in [3.63, 3.8) is 0 Å². The van der Waals surface area contributed by atoms with Crippen LogP contribution in [0, 0.1) is 6.92 Å². The first kappa shape index (κ1) is 10.2. The zero-order valence-electron chi connectivity index (χ0n) is 7.87. The maximum atomic E-state index is 11.1. The van der Waals surface area contributed by atoms with E-state index < -0.39 is 5.75 Å². The molecule has 0 aliphatic carbocycles. The van der Waals surface area contributed by atoms with Crippen LogP contribution in [0.25, 0.3) is 0 Å². The molecule has 0 radical (unpaired) electrons. The summed E-state index contributed by atoms with van der Waals surface area (Å²) in [5.74, 6) is -1.12. The van der Waals surface area contributed by atoms with E-state index in [0.29, 0.717) is 11.8 Å². The van der Waals surface area contributed by atoms with Crippen molar-refractivity contribution in [3.8, 4) is 11.5 Å². The highest BCUT2D eigenvalue weighted by atomic mass is 16.3. The van der Waals surface area contributed by atoms with Crippen molar-refractivity contribution in [1.29, 1.82) is 0 Å². The van der Waals surface area contributed by atoms with Crippen LogP contribution in [0.5, 0.6) is 11.5 Å². The number of hydrogen-bond donors (Lipinski definition) is 2. The van der Waals surface area contributed by atoms with E-state index in [1.165, 1.54) is 13.0 Å². The van der Waals surface area contributed by atoms with Crippen molar-refractivity contribution in [2.45, 2.75) is 13.8 Å². The number of aryl methyl sites for hydroxylation is 1. The second-order valence-corrected chi connectivity index (χ2v) is 3.02. The lowest BCUT2D eigenvalue weighted by Gasteiger charge is -2.08. The normalized spacial score (nSPS) is 9.86. The number of ketones is 1. The molecule has 0 saturated carbocycles. The lowest BCUT2D eigenvalue weighted by molar-refractivity contribution is 0.101. The number of aromatic hydroxyl groups is 2. The fraction of sp³-hybridized carbons (Fsp3) is 0.200. The number of benzene rings is 1. The molecule has 1 aromatic carbocycles. The van der Waals surface area contributed by atoms with Gasteiger partial charge in [-0.2, -0.15) is 0 Å². The van der Waals surface area contributed by atoms with Gasteiger partial charge in [-0.25, -0.2) is 0 Å². The first-order valence-corrected chi connectivity index (χ1v) is 4.00. The maximum absolute atomic E-state index is 11.1. The van der Waals surface area contributed by atoms with Gasteiger partial charge in [0.05, 0.1) is 11.1 Å². The highest BCUT2D eigenvalue weighted by Crippen LogP contribution is 2.32. The largest absolute Gasteiger partial charge is 0.507 e. The lowest BCUT2D eigenvalue weighted by Crippen LogP contribution is -1.99. The van der Waals surface area contributed by atoms with Crippen molar-refractivity contribution >= 4 is 12.1 Å². The van der Waals surface area contributed by atoms with Crippen molar-refractivity contribution < 1.29 is 19.8 Å². The second kappa shape index (κ2) is 3.49. The monoisotopic (exact) mass is 194 g/mol. The minimum absolute atomic E-state index is 0.0740. The Kier molecular flexibility index (Phi) is 2.56. The number of carbonyl (C=O) groups is 2. The molecular formula is C10H10O4. The van der Waals surface area contributed by atoms with Crippen LogP contribution in [0.1, 0.15) is 33.2 Å². The minimum Gasteiger partial charge on any atom is -0.507 e. The highest BCUT2D eigenvalue weighted by Gasteiger charge is 2.17. The van der Waals surface area contributed by atoms with Crippen LogP contribution in [-0.2, 0) is 0 Å². The Hall–Kier alpha value is -1.84. The van der Waals surface area contributed by atoms with Crippen molar-refractivity contribution in [1.82, 2.24) is 0 Å². The zero-order chi connectivity index (χ0) is 10.9. The third-order valence-corrected chi connectivity index (χ3v) is 1.99. The summed E-state index contributed by atoms with van der Waals surface area (Å²) in [5, 5.41) is 18.8. The van der Waals surface area contributed by atoms with Crippen LogP contribution in [-0.4, -0.2) is 22.3 Å². The summed E-state index contributed by atoms with van der Waals surface area (Å²) in [6.07, 6.45) is 0.316. The number of hydrogen-bond acceptors (Lipinski definition) is 4. The third-order valence-electron chi connectivity index (χ3n) is 1.99. The van der Waals surface area contributed by atoms with Gasteiger partial charge in [0.1, 0.15) is 11.5 Å². The van der Waals surface area contributed by atoms with Crippen LogP contribution >= 0.6 is 0 Å². The Bertz CT molecular complexity index is 407. The molecule has 1 aromatic rings. The molecule has 0 bridgehead atoms. The van der Waals surface area contributed by atoms with E-state index >= 15 is 0 Å². The molecule has 4 nitrogen and oxygen atoms in total. The Morgan fingerprint density at radius 1 is 1.43 bits per heavy atom. The van der Waals surface area contributed by atoms with Gasteiger partial charge in [0.2, 0.25) is 0 Å². The second-order valence-electron chi connectivity index (χ2n) is 3.02. The maximum Gasteiger partial charge on any atom is 0.163 e. The Labute approximate surface area is 80.8 Å². The summed E-state index contributed by atoms with van der Waals surface area (Å²) in [7, 11) is 0. The quantitative estimate of drug-likeness (QED) is 0.551. The summed E-state index contributed by atoms with van der Waals surface area (Å²) in [4.78, 5) is 21.6. The van der Waals surface area contributed by atoms with Crippen molar-refractivity contribution in [2.24, 2.45) is 0 Å². The van der Waals surface area contributed by atoms with Gasteiger partial charge in [-0.15, -0.1) is 0 Å². The van der Waals surface area contributed by atoms with Gasteiger partial charge < -0.3 is 10.2 Å². The van der Waals surface area contributed by atoms with Gasteiger partial charge in [-0.3, -0.25) is 9.59 Å². The Balaban J connectivity index is 3.60. The number of rotatable bonds is 2. The predicted molar refractivity (Wildman–Crippen MR) is 49.9 cm³/mol. The summed E-state index contributed by atoms with van der Waals surface area (Å²) < 4.78 is 0. The molecule has 2 N–H and O–H groups in total. The standard InChI is InChI=1S/C10H10O4/c1-5-3-8(13)7(4-11)10(14)9(5)6(2)12/h3-4,13-14H,1-2H3. The van der Waals surface area contributed by atoms with Crippen molar-refractivity contribution in [2.75, 3.05) is 0 Å². The topological polar surface area (TPSA) is 74.6 Å². The van der Waals surface area contributed by atoms with Crippen LogP contribution in [0.3, 0.4) is 0 Å². The fourth-order valence-electron chi connectivity index (χ4n) is 1.36. The van der Waals surface area contributed by atoms with Gasteiger partial charge in [0.15, 0.2) is 12.1 Å². The van der Waals surface area contributed by atoms with E-state index in [1.807, 2.05) is 0 Å². The molecule has 0 fully saturated rings. The van der Waals surface area contributed by atoms with Crippen LogP contribution < -0.4 is 0 Å². The third kappa shape index (κ3) is 1.46. The van der Waals surface area contributed by atoms with Gasteiger partial charge in [-0.05, 0) is 25.5 Å². The van der Waals surface area contributed by atoms with Gasteiger partial charge in [0, 0.05) is 0 Å². The molecule has 14 heavy (non-hydrogen) atoms. The molecule has 0 atom stereocenters. The van der Waals surface area contributed by atoms with Crippen LogP contribution in [0.4, 0.5) is 0 Å². The predicted octanol–water partition coefficient (Wildman–Crippen LogP) is 1.42. The van der Waals surface area contributed by atoms with E-state index in [9.17, 15) is 19.8 Å². The number of carbonyl (C=O) groups excluding carboxylic acids is 2. The van der Waals surface area contributed by atoms with E-state index in [-0.39, 0.29) is 22.7 Å². The number of Topliss-reactive ketones (excluding diaryl/α,β-unsaturated/α-hetero) is 1. The molecule has 0 heterocycles. The average Bonchev–Trinajstić information content (AvgIpc) is 2.02. The van der Waals surface area contributed by atoms with Gasteiger partial charge in [-0.1, -0.05) is 0 Å². The molecule has 0 saturated heterocycles. The van der Waals surface area contributed by atoms with E-state index in [4.69, 9.17) is 0 Å². The zero-order valence-corrected chi connectivity index (χ0v) is 7.87. The average molecular weight is 194 g/mol. The van der Waals surface area contributed by atoms with Gasteiger partial charge >= 0.3 is 0 Å².